The number of nitrogens with zero attached hydrogens (tertiary/aromatic N) is 2. The highest BCUT2D eigenvalue weighted by molar-refractivity contribution is 6.06. The average Bonchev–Trinajstić information content (AvgIpc) is 3.54. The first-order valence-corrected chi connectivity index (χ1v) is 10.2. The fourth-order valence-electron chi connectivity index (χ4n) is 3.66. The Labute approximate surface area is 188 Å². The predicted octanol–water partition coefficient (Wildman–Crippen LogP) is 4.61. The van der Waals surface area contributed by atoms with Gasteiger partial charge in [-0.05, 0) is 29.8 Å². The van der Waals surface area contributed by atoms with E-state index in [4.69, 9.17) is 9.47 Å². The smallest absolute Gasteiger partial charge is 0.342 e. The summed E-state index contributed by atoms with van der Waals surface area (Å²) in [6.45, 7) is 0. The maximum atomic E-state index is 12.4. The third kappa shape index (κ3) is 3.95. The topological polar surface area (TPSA) is 113 Å². The van der Waals surface area contributed by atoms with Crippen LogP contribution in [-0.4, -0.2) is 38.4 Å². The molecule has 0 aliphatic carbocycles. The molecule has 3 aromatic carbocycles. The van der Waals surface area contributed by atoms with Crippen LogP contribution < -0.4 is 4.74 Å². The van der Waals surface area contributed by atoms with Crippen molar-refractivity contribution in [3.63, 3.8) is 0 Å². The number of methoxy groups -OCH3 is 1. The van der Waals surface area contributed by atoms with E-state index < -0.39 is 12.1 Å². The third-order valence-electron chi connectivity index (χ3n) is 5.32. The Morgan fingerprint density at radius 1 is 1.03 bits per heavy atom. The number of carbonyl (C=O) groups excluding carboxylic acids is 1. The molecule has 1 unspecified atom stereocenters. The Balaban J connectivity index is 1.44. The fourth-order valence-corrected chi connectivity index (χ4v) is 3.66. The molecule has 33 heavy (non-hydrogen) atoms. The lowest BCUT2D eigenvalue weighted by Crippen LogP contribution is -2.04. The Bertz CT molecular complexity index is 1420. The van der Waals surface area contributed by atoms with Gasteiger partial charge in [0, 0.05) is 10.9 Å². The maximum Gasteiger partial charge on any atom is 0.342 e. The van der Waals surface area contributed by atoms with Gasteiger partial charge in [-0.2, -0.15) is 5.10 Å². The summed E-state index contributed by atoms with van der Waals surface area (Å²) >= 11 is 0. The minimum atomic E-state index is -0.809. The summed E-state index contributed by atoms with van der Waals surface area (Å²) in [6, 6.07) is 20.1. The van der Waals surface area contributed by atoms with E-state index in [9.17, 15) is 9.90 Å². The van der Waals surface area contributed by atoms with Crippen molar-refractivity contribution in [1.82, 2.24) is 20.2 Å². The molecule has 0 bridgehead atoms. The normalized spacial score (nSPS) is 11.9. The Hall–Kier alpha value is -4.43. The number of hydrogen-bond acceptors (Lipinski definition) is 6. The average molecular weight is 440 g/mol. The van der Waals surface area contributed by atoms with Crippen molar-refractivity contribution in [2.45, 2.75) is 6.10 Å². The number of carbonyl (C=O) groups is 1. The van der Waals surface area contributed by atoms with Gasteiger partial charge in [0.15, 0.2) is 0 Å². The molecule has 0 saturated heterocycles. The van der Waals surface area contributed by atoms with Crippen molar-refractivity contribution in [3.8, 4) is 22.9 Å². The second kappa shape index (κ2) is 8.60. The van der Waals surface area contributed by atoms with Gasteiger partial charge in [-0.15, -0.1) is 0 Å². The molecule has 0 aliphatic heterocycles. The van der Waals surface area contributed by atoms with E-state index in [1.807, 2.05) is 42.5 Å². The van der Waals surface area contributed by atoms with E-state index in [0.29, 0.717) is 39.5 Å². The quantitative estimate of drug-likeness (QED) is 0.332. The van der Waals surface area contributed by atoms with E-state index in [2.05, 4.69) is 20.2 Å². The van der Waals surface area contributed by atoms with Crippen LogP contribution in [0.2, 0.25) is 0 Å². The third-order valence-corrected chi connectivity index (χ3v) is 5.32. The highest BCUT2D eigenvalue weighted by Crippen LogP contribution is 2.33. The molecule has 0 radical (unpaired) electrons. The number of aliphatic hydroxyl groups is 1. The van der Waals surface area contributed by atoms with Gasteiger partial charge >= 0.3 is 5.97 Å². The zero-order valence-corrected chi connectivity index (χ0v) is 17.6. The number of imidazole rings is 1. The number of rotatable bonds is 6. The number of ether oxygens (including phenoxy) is 2. The van der Waals surface area contributed by atoms with Gasteiger partial charge in [0.05, 0.1) is 30.7 Å². The highest BCUT2D eigenvalue weighted by Gasteiger charge is 2.20. The first-order chi connectivity index (χ1) is 16.1. The van der Waals surface area contributed by atoms with Crippen LogP contribution >= 0.6 is 0 Å². The summed E-state index contributed by atoms with van der Waals surface area (Å²) in [6.07, 6.45) is 2.37. The van der Waals surface area contributed by atoms with E-state index >= 15 is 0 Å². The lowest BCUT2D eigenvalue weighted by molar-refractivity contribution is 0.0600. The number of nitrogens with one attached hydrogen (secondary N) is 2. The maximum absolute atomic E-state index is 12.4. The van der Waals surface area contributed by atoms with Crippen molar-refractivity contribution < 1.29 is 19.4 Å². The van der Waals surface area contributed by atoms with Gasteiger partial charge in [0.1, 0.15) is 29.0 Å². The van der Waals surface area contributed by atoms with Gasteiger partial charge in [-0.1, -0.05) is 42.5 Å². The van der Waals surface area contributed by atoms with Crippen LogP contribution in [0.5, 0.6) is 11.5 Å². The molecular formula is C25H20N4O4. The summed E-state index contributed by atoms with van der Waals surface area (Å²) in [4.78, 5) is 20.0. The minimum absolute atomic E-state index is 0.292. The molecule has 0 aliphatic rings. The zero-order valence-electron chi connectivity index (χ0n) is 17.6. The van der Waals surface area contributed by atoms with Crippen molar-refractivity contribution in [2.24, 2.45) is 0 Å². The van der Waals surface area contributed by atoms with Crippen LogP contribution in [-0.2, 0) is 4.74 Å². The number of aromatic nitrogens is 4. The van der Waals surface area contributed by atoms with Crippen LogP contribution in [0.25, 0.3) is 22.3 Å². The zero-order chi connectivity index (χ0) is 22.8. The molecule has 2 heterocycles. The van der Waals surface area contributed by atoms with Gasteiger partial charge in [0.25, 0.3) is 0 Å². The Kier molecular flexibility index (Phi) is 5.34. The monoisotopic (exact) mass is 440 g/mol. The lowest BCUT2D eigenvalue weighted by atomic mass is 10.1. The van der Waals surface area contributed by atoms with Crippen LogP contribution in [0.4, 0.5) is 0 Å². The molecule has 1 atom stereocenters. The van der Waals surface area contributed by atoms with E-state index in [0.717, 1.165) is 11.1 Å². The molecular weight excluding hydrogens is 420 g/mol. The summed E-state index contributed by atoms with van der Waals surface area (Å²) < 4.78 is 11.0. The minimum Gasteiger partial charge on any atom is -0.465 e. The number of benzene rings is 3. The summed E-state index contributed by atoms with van der Waals surface area (Å²) in [5, 5.41) is 18.1. The molecule has 8 nitrogen and oxygen atoms in total. The summed E-state index contributed by atoms with van der Waals surface area (Å²) in [5.74, 6) is 0.942. The van der Waals surface area contributed by atoms with Crippen molar-refractivity contribution in [2.75, 3.05) is 7.11 Å². The summed E-state index contributed by atoms with van der Waals surface area (Å²) in [7, 11) is 1.32. The van der Waals surface area contributed by atoms with Gasteiger partial charge in [-0.25, -0.2) is 9.78 Å². The van der Waals surface area contributed by atoms with Crippen LogP contribution in [0.1, 0.15) is 27.7 Å². The fraction of sp³-hybridized carbons (Fsp3) is 0.0800. The van der Waals surface area contributed by atoms with Crippen LogP contribution in [0.3, 0.4) is 0 Å². The Morgan fingerprint density at radius 3 is 2.70 bits per heavy atom. The highest BCUT2D eigenvalue weighted by atomic mass is 16.5. The van der Waals surface area contributed by atoms with E-state index in [1.165, 1.54) is 7.11 Å². The number of esters is 1. The van der Waals surface area contributed by atoms with Gasteiger partial charge < -0.3 is 19.6 Å². The van der Waals surface area contributed by atoms with Gasteiger partial charge in [0.2, 0.25) is 0 Å². The van der Waals surface area contributed by atoms with Crippen molar-refractivity contribution >= 4 is 16.9 Å². The molecule has 2 aromatic heterocycles. The van der Waals surface area contributed by atoms with Crippen LogP contribution in [0, 0.1) is 0 Å². The number of aliphatic hydroxyl groups excluding tert-OH is 1. The molecule has 3 N–H and O–H groups in total. The molecule has 164 valence electrons. The second-order valence-corrected chi connectivity index (χ2v) is 7.39. The van der Waals surface area contributed by atoms with Crippen LogP contribution in [0.15, 0.2) is 79.1 Å². The standard InChI is InChI=1S/C25H20N4O4/c1-32-25(31)22-18-13-27-29-19(18)10-11-21(22)33-17-9-5-8-16(12-17)24-26-14-20(28-24)23(30)15-6-3-2-4-7-15/h2-14,23,30H,1H3,(H,26,28)(H,27,29). The number of H-pyrrole nitrogens is 2. The largest absolute Gasteiger partial charge is 0.465 e. The Morgan fingerprint density at radius 2 is 1.88 bits per heavy atom. The molecule has 5 rings (SSSR count). The molecule has 0 saturated carbocycles. The van der Waals surface area contributed by atoms with Crippen molar-refractivity contribution in [1.29, 1.82) is 0 Å². The summed E-state index contributed by atoms with van der Waals surface area (Å²) in [5.41, 5.74) is 3.12. The number of aromatic amines is 2. The van der Waals surface area contributed by atoms with Crippen molar-refractivity contribution in [3.05, 3.63) is 95.9 Å². The first-order valence-electron chi connectivity index (χ1n) is 10.2. The number of fused-ring (bicyclic) bond motifs is 1. The predicted molar refractivity (Wildman–Crippen MR) is 122 cm³/mol. The number of hydrogen-bond donors (Lipinski definition) is 3. The molecule has 0 fully saturated rings. The SMILES string of the molecule is COC(=O)c1c(Oc2cccc(-c3ncc(C(O)c4ccccc4)[nH]3)c2)ccc2[nH]ncc12. The van der Waals surface area contributed by atoms with Gasteiger partial charge in [-0.3, -0.25) is 5.10 Å². The lowest BCUT2D eigenvalue weighted by Gasteiger charge is -2.11. The molecule has 0 amide bonds. The van der Waals surface area contributed by atoms with E-state index in [1.54, 1.807) is 36.7 Å². The molecule has 0 spiro atoms. The first kappa shape index (κ1) is 20.5. The molecule has 8 heteroatoms. The molecule has 5 aromatic rings. The van der Waals surface area contributed by atoms with E-state index in [-0.39, 0.29) is 0 Å². The second-order valence-electron chi connectivity index (χ2n) is 7.39.